The molecule has 25 heavy (non-hydrogen) atoms. The molecule has 4 rings (SSSR count). The van der Waals surface area contributed by atoms with Gasteiger partial charge in [0.15, 0.2) is 0 Å². The molecule has 1 aromatic heterocycles. The first kappa shape index (κ1) is 16.7. The third-order valence-corrected chi connectivity index (χ3v) is 5.85. The molecule has 1 saturated heterocycles. The zero-order chi connectivity index (χ0) is 17.4. The number of ether oxygens (including phenoxy) is 1. The minimum Gasteiger partial charge on any atom is -0.378 e. The van der Waals surface area contributed by atoms with Gasteiger partial charge in [-0.15, -0.1) is 10.2 Å². The summed E-state index contributed by atoms with van der Waals surface area (Å²) in [6.45, 7) is 4.28. The Morgan fingerprint density at radius 1 is 1.28 bits per heavy atom. The van der Waals surface area contributed by atoms with E-state index in [4.69, 9.17) is 16.3 Å². The van der Waals surface area contributed by atoms with Crippen LogP contribution in [-0.2, 0) is 9.53 Å². The number of fused-ring (bicyclic) bond motifs is 1. The number of amides is 1. The number of thioether (sulfide) groups is 1. The van der Waals surface area contributed by atoms with Gasteiger partial charge in [-0.2, -0.15) is 0 Å². The molecule has 132 valence electrons. The summed E-state index contributed by atoms with van der Waals surface area (Å²) in [7, 11) is 0. The topological polar surface area (TPSA) is 72.3 Å². The van der Waals surface area contributed by atoms with Gasteiger partial charge in [0.25, 0.3) is 0 Å². The second kappa shape index (κ2) is 6.86. The molecule has 2 aliphatic rings. The third kappa shape index (κ3) is 3.21. The monoisotopic (exact) mass is 379 g/mol. The number of aryl methyl sites for hydroxylation is 1. The first-order chi connectivity index (χ1) is 12.1. The lowest BCUT2D eigenvalue weighted by molar-refractivity contribution is -0.135. The van der Waals surface area contributed by atoms with Gasteiger partial charge in [0.1, 0.15) is 11.1 Å². The highest BCUT2D eigenvalue weighted by atomic mass is 35.5. The molecule has 7 nitrogen and oxygen atoms in total. The number of morpholine rings is 1. The lowest BCUT2D eigenvalue weighted by Crippen LogP contribution is -2.49. The van der Waals surface area contributed by atoms with Crippen molar-refractivity contribution in [1.82, 2.24) is 19.8 Å². The number of hydrogen-bond acceptors (Lipinski definition) is 6. The van der Waals surface area contributed by atoms with Crippen LogP contribution >= 0.6 is 23.4 Å². The maximum absolute atomic E-state index is 13.1. The summed E-state index contributed by atoms with van der Waals surface area (Å²) in [5, 5.41) is 9.33. The highest BCUT2D eigenvalue weighted by Crippen LogP contribution is 2.38. The molecule has 1 amide bonds. The maximum atomic E-state index is 13.1. The number of benzene rings is 1. The Bertz CT molecular complexity index is 775. The molecule has 0 bridgehead atoms. The number of carbonyl (C=O) groups is 1. The molecule has 1 N–H and O–H groups in total. The van der Waals surface area contributed by atoms with E-state index in [1.807, 2.05) is 40.8 Å². The molecule has 9 heteroatoms. The number of nitrogens with one attached hydrogen (secondary N) is 1. The van der Waals surface area contributed by atoms with Crippen LogP contribution in [0.15, 0.2) is 29.4 Å². The van der Waals surface area contributed by atoms with E-state index in [9.17, 15) is 4.79 Å². The van der Waals surface area contributed by atoms with Crippen molar-refractivity contribution in [1.29, 1.82) is 0 Å². The van der Waals surface area contributed by atoms with Gasteiger partial charge < -0.3 is 15.1 Å². The summed E-state index contributed by atoms with van der Waals surface area (Å²) in [5.41, 5.74) is 4.40. The second-order valence-corrected chi connectivity index (χ2v) is 7.54. The number of halogens is 1. The van der Waals surface area contributed by atoms with Crippen LogP contribution in [0.25, 0.3) is 0 Å². The normalized spacial score (nSPS) is 23.0. The first-order valence-electron chi connectivity index (χ1n) is 8.11. The van der Waals surface area contributed by atoms with Gasteiger partial charge in [-0.3, -0.25) is 4.79 Å². The van der Waals surface area contributed by atoms with Gasteiger partial charge in [-0.25, -0.2) is 4.68 Å². The fourth-order valence-corrected chi connectivity index (χ4v) is 4.37. The average Bonchev–Trinajstić information content (AvgIpc) is 3.02. The maximum Gasteiger partial charge on any atom is 0.238 e. The zero-order valence-electron chi connectivity index (χ0n) is 13.7. The molecule has 0 saturated carbocycles. The summed E-state index contributed by atoms with van der Waals surface area (Å²) >= 11 is 7.47. The number of hydrogen-bond donors (Lipinski definition) is 1. The molecular weight excluding hydrogens is 362 g/mol. The Kier molecular flexibility index (Phi) is 4.58. The van der Waals surface area contributed by atoms with E-state index in [2.05, 4.69) is 15.6 Å². The van der Waals surface area contributed by atoms with E-state index in [-0.39, 0.29) is 17.2 Å². The second-order valence-electron chi connectivity index (χ2n) is 6.00. The number of nitrogens with zero attached hydrogens (tertiary/aromatic N) is 4. The number of carbonyl (C=O) groups excluding carboxylic acids is 1. The van der Waals surface area contributed by atoms with Crippen molar-refractivity contribution in [2.24, 2.45) is 0 Å². The molecule has 2 aromatic rings. The Morgan fingerprint density at radius 2 is 2.00 bits per heavy atom. The summed E-state index contributed by atoms with van der Waals surface area (Å²) < 4.78 is 7.20. The standard InChI is InChI=1S/C16H18ClN5O2S/c1-10-18-19-16-22(10)20-13(11-2-4-12(17)5-3-11)14(25-16)15(23)21-6-8-24-9-7-21/h2-5,13-14,20H,6-9H2,1H3/t13-,14+/m1/s1. The first-order valence-corrected chi connectivity index (χ1v) is 9.36. The fourth-order valence-electron chi connectivity index (χ4n) is 3.03. The predicted octanol–water partition coefficient (Wildman–Crippen LogP) is 1.86. The highest BCUT2D eigenvalue weighted by Gasteiger charge is 2.39. The van der Waals surface area contributed by atoms with Crippen LogP contribution in [0.1, 0.15) is 17.4 Å². The van der Waals surface area contributed by atoms with E-state index >= 15 is 0 Å². The molecule has 1 aromatic carbocycles. The van der Waals surface area contributed by atoms with Crippen molar-refractivity contribution in [3.05, 3.63) is 40.7 Å². The van der Waals surface area contributed by atoms with E-state index in [0.717, 1.165) is 11.4 Å². The average molecular weight is 380 g/mol. The Hall–Kier alpha value is -1.77. The zero-order valence-corrected chi connectivity index (χ0v) is 15.3. The fraction of sp³-hybridized carbons (Fsp3) is 0.438. The number of rotatable bonds is 2. The van der Waals surface area contributed by atoms with Gasteiger partial charge in [0.05, 0.1) is 19.3 Å². The molecule has 1 fully saturated rings. The van der Waals surface area contributed by atoms with Crippen molar-refractivity contribution in [2.45, 2.75) is 23.4 Å². The van der Waals surface area contributed by atoms with Crippen molar-refractivity contribution >= 4 is 29.3 Å². The predicted molar refractivity (Wildman–Crippen MR) is 95.4 cm³/mol. The van der Waals surface area contributed by atoms with Crippen LogP contribution in [0.4, 0.5) is 0 Å². The van der Waals surface area contributed by atoms with Crippen LogP contribution in [0.3, 0.4) is 0 Å². The molecule has 0 unspecified atom stereocenters. The molecular formula is C16H18ClN5O2S. The van der Waals surface area contributed by atoms with Gasteiger partial charge in [0, 0.05) is 18.1 Å². The minimum atomic E-state index is -0.324. The largest absolute Gasteiger partial charge is 0.378 e. The van der Waals surface area contributed by atoms with E-state index in [1.165, 1.54) is 11.8 Å². The summed E-state index contributed by atoms with van der Waals surface area (Å²) in [6.07, 6.45) is 0. The van der Waals surface area contributed by atoms with Gasteiger partial charge in [-0.05, 0) is 24.6 Å². The number of aromatic nitrogens is 3. The van der Waals surface area contributed by atoms with E-state index in [0.29, 0.717) is 36.5 Å². The summed E-state index contributed by atoms with van der Waals surface area (Å²) in [4.78, 5) is 15.0. The van der Waals surface area contributed by atoms with Crippen LogP contribution < -0.4 is 5.43 Å². The SMILES string of the molecule is Cc1nnc2n1N[C@H](c1ccc(Cl)cc1)[C@@H](C(=O)N1CCOCC1)S2. The van der Waals surface area contributed by atoms with Crippen LogP contribution in [-0.4, -0.2) is 57.2 Å². The Morgan fingerprint density at radius 3 is 2.72 bits per heavy atom. The Balaban J connectivity index is 1.68. The highest BCUT2D eigenvalue weighted by molar-refractivity contribution is 8.00. The molecule has 0 radical (unpaired) electrons. The van der Waals surface area contributed by atoms with Gasteiger partial charge in [-0.1, -0.05) is 35.5 Å². The van der Waals surface area contributed by atoms with Crippen molar-refractivity contribution in [3.8, 4) is 0 Å². The van der Waals surface area contributed by atoms with Crippen LogP contribution in [0.2, 0.25) is 5.02 Å². The van der Waals surface area contributed by atoms with Crippen molar-refractivity contribution in [3.63, 3.8) is 0 Å². The summed E-state index contributed by atoms with van der Waals surface area (Å²) in [6, 6.07) is 7.39. The molecule has 3 heterocycles. The van der Waals surface area contributed by atoms with Crippen molar-refractivity contribution < 1.29 is 9.53 Å². The van der Waals surface area contributed by atoms with Crippen LogP contribution in [0.5, 0.6) is 0 Å². The molecule has 0 spiro atoms. The molecule has 2 atom stereocenters. The lowest BCUT2D eigenvalue weighted by atomic mass is 10.0. The van der Waals surface area contributed by atoms with Crippen molar-refractivity contribution in [2.75, 3.05) is 31.7 Å². The lowest BCUT2D eigenvalue weighted by Gasteiger charge is -2.36. The quantitative estimate of drug-likeness (QED) is 0.858. The molecule has 2 aliphatic heterocycles. The van der Waals surface area contributed by atoms with E-state index < -0.39 is 0 Å². The summed E-state index contributed by atoms with van der Waals surface area (Å²) in [5.74, 6) is 0.853. The van der Waals surface area contributed by atoms with Gasteiger partial charge in [0.2, 0.25) is 11.1 Å². The van der Waals surface area contributed by atoms with Gasteiger partial charge >= 0.3 is 0 Å². The smallest absolute Gasteiger partial charge is 0.238 e. The minimum absolute atomic E-state index is 0.0904. The van der Waals surface area contributed by atoms with Crippen LogP contribution in [0, 0.1) is 6.92 Å². The van der Waals surface area contributed by atoms with E-state index in [1.54, 1.807) is 0 Å². The Labute approximate surface area is 154 Å². The third-order valence-electron chi connectivity index (χ3n) is 4.39. The molecule has 0 aliphatic carbocycles.